The number of carbonyl (C=O) groups excluding carboxylic acids is 1. The Kier molecular flexibility index (Phi) is 5.25. The molecule has 0 bridgehead atoms. The molecule has 0 radical (unpaired) electrons. The van der Waals surface area contributed by atoms with Gasteiger partial charge < -0.3 is 9.64 Å². The molecule has 1 aliphatic heterocycles. The smallest absolute Gasteiger partial charge is 0.265 e. The van der Waals surface area contributed by atoms with Gasteiger partial charge in [-0.2, -0.15) is 5.10 Å². The minimum atomic E-state index is -0.0792. The van der Waals surface area contributed by atoms with E-state index in [1.165, 1.54) is 17.7 Å². The van der Waals surface area contributed by atoms with E-state index in [4.69, 9.17) is 4.74 Å². The predicted octanol–water partition coefficient (Wildman–Crippen LogP) is 2.62. The highest BCUT2D eigenvalue weighted by atomic mass is 32.1. The molecule has 1 saturated heterocycles. The van der Waals surface area contributed by atoms with Crippen LogP contribution in [0.3, 0.4) is 0 Å². The van der Waals surface area contributed by atoms with Crippen LogP contribution in [0.2, 0.25) is 0 Å². The van der Waals surface area contributed by atoms with Gasteiger partial charge in [-0.15, -0.1) is 11.3 Å². The van der Waals surface area contributed by atoms with Gasteiger partial charge in [-0.05, 0) is 33.6 Å². The number of carbonyl (C=O) groups is 1. The van der Waals surface area contributed by atoms with Crippen LogP contribution in [-0.2, 0) is 4.74 Å². The number of ether oxygens (including phenoxy) is 1. The number of rotatable bonds is 5. The van der Waals surface area contributed by atoms with Crippen LogP contribution in [0.15, 0.2) is 12.7 Å². The summed E-state index contributed by atoms with van der Waals surface area (Å²) in [6, 6.07) is 0.195. The number of piperidine rings is 1. The Hall–Kier alpha value is -1.80. The van der Waals surface area contributed by atoms with Gasteiger partial charge in [-0.3, -0.25) is 4.79 Å². The van der Waals surface area contributed by atoms with Crippen molar-refractivity contribution >= 4 is 17.2 Å². The molecule has 8 heteroatoms. The van der Waals surface area contributed by atoms with Gasteiger partial charge in [0, 0.05) is 19.7 Å². The highest BCUT2D eigenvalue weighted by molar-refractivity contribution is 7.13. The van der Waals surface area contributed by atoms with Crippen molar-refractivity contribution in [3.05, 3.63) is 28.2 Å². The van der Waals surface area contributed by atoms with E-state index < -0.39 is 0 Å². The summed E-state index contributed by atoms with van der Waals surface area (Å²) in [6.45, 7) is 7.89. The second kappa shape index (κ2) is 7.40. The van der Waals surface area contributed by atoms with E-state index in [0.29, 0.717) is 13.2 Å². The summed E-state index contributed by atoms with van der Waals surface area (Å²) in [4.78, 5) is 24.1. The highest BCUT2D eigenvalue weighted by Crippen LogP contribution is 2.29. The summed E-state index contributed by atoms with van der Waals surface area (Å²) < 4.78 is 7.44. The number of hydrogen-bond acceptors (Lipinski definition) is 6. The van der Waals surface area contributed by atoms with Gasteiger partial charge in [-0.1, -0.05) is 0 Å². The molecule has 130 valence electrons. The number of hydrogen-bond donors (Lipinski definition) is 0. The maximum atomic E-state index is 12.9. The first kappa shape index (κ1) is 17.0. The van der Waals surface area contributed by atoms with Crippen molar-refractivity contribution in [1.82, 2.24) is 24.6 Å². The van der Waals surface area contributed by atoms with Crippen molar-refractivity contribution in [2.45, 2.75) is 45.8 Å². The Labute approximate surface area is 145 Å². The third kappa shape index (κ3) is 3.49. The largest absolute Gasteiger partial charge is 0.372 e. The van der Waals surface area contributed by atoms with Crippen LogP contribution >= 0.6 is 11.3 Å². The van der Waals surface area contributed by atoms with Gasteiger partial charge in [0.2, 0.25) is 0 Å². The van der Waals surface area contributed by atoms with Crippen LogP contribution in [0.5, 0.6) is 0 Å². The molecule has 1 fully saturated rings. The Balaban J connectivity index is 1.74. The van der Waals surface area contributed by atoms with E-state index in [9.17, 15) is 4.79 Å². The van der Waals surface area contributed by atoms with Crippen LogP contribution in [0, 0.1) is 6.92 Å². The Bertz CT molecular complexity index is 685. The normalized spacial score (nSPS) is 19.5. The zero-order chi connectivity index (χ0) is 17.1. The molecule has 0 aromatic carbocycles. The van der Waals surface area contributed by atoms with E-state index >= 15 is 0 Å². The lowest BCUT2D eigenvalue weighted by Gasteiger charge is -2.32. The Morgan fingerprint density at radius 1 is 1.54 bits per heavy atom. The quantitative estimate of drug-likeness (QED) is 0.829. The fourth-order valence-electron chi connectivity index (χ4n) is 3.02. The third-order valence-electron chi connectivity index (χ3n) is 4.27. The van der Waals surface area contributed by atoms with Crippen molar-refractivity contribution < 1.29 is 9.53 Å². The molecule has 3 rings (SSSR count). The summed E-state index contributed by atoms with van der Waals surface area (Å²) in [5.74, 6) is 0.0600. The van der Waals surface area contributed by atoms with Crippen molar-refractivity contribution in [1.29, 1.82) is 0 Å². The maximum Gasteiger partial charge on any atom is 0.265 e. The van der Waals surface area contributed by atoms with E-state index in [1.807, 2.05) is 30.4 Å². The molecule has 2 atom stereocenters. The molecule has 2 aromatic rings. The topological polar surface area (TPSA) is 73.1 Å². The monoisotopic (exact) mass is 349 g/mol. The summed E-state index contributed by atoms with van der Waals surface area (Å²) >= 11 is 1.45. The zero-order valence-corrected chi connectivity index (χ0v) is 15.1. The van der Waals surface area contributed by atoms with Gasteiger partial charge in [-0.25, -0.2) is 14.6 Å². The summed E-state index contributed by atoms with van der Waals surface area (Å²) in [7, 11) is 0. The standard InChI is InChI=1S/C16H23N5O2S/c1-4-23-12(3)15-19-11(2)14(24-15)16(22)20-7-5-6-13(8-20)21-10-17-9-18-21/h9-10,12-13H,4-8H2,1-3H3/t12-,13-/m1/s1. The summed E-state index contributed by atoms with van der Waals surface area (Å²) in [5, 5.41) is 5.08. The van der Waals surface area contributed by atoms with Crippen LogP contribution in [0.4, 0.5) is 0 Å². The average Bonchev–Trinajstić information content (AvgIpc) is 3.24. The van der Waals surface area contributed by atoms with E-state index in [1.54, 1.807) is 6.33 Å². The number of aromatic nitrogens is 4. The van der Waals surface area contributed by atoms with Crippen molar-refractivity contribution in [2.24, 2.45) is 0 Å². The molecule has 1 amide bonds. The minimum Gasteiger partial charge on any atom is -0.372 e. The number of thiazole rings is 1. The lowest BCUT2D eigenvalue weighted by molar-refractivity contribution is 0.0676. The number of nitrogens with zero attached hydrogens (tertiary/aromatic N) is 5. The van der Waals surface area contributed by atoms with Crippen molar-refractivity contribution in [3.63, 3.8) is 0 Å². The molecule has 0 spiro atoms. The average molecular weight is 349 g/mol. The first-order valence-electron chi connectivity index (χ1n) is 8.32. The van der Waals surface area contributed by atoms with E-state index in [-0.39, 0.29) is 18.1 Å². The van der Waals surface area contributed by atoms with Gasteiger partial charge in [0.1, 0.15) is 28.6 Å². The number of likely N-dealkylation sites (tertiary alicyclic amines) is 1. The van der Waals surface area contributed by atoms with E-state index in [2.05, 4.69) is 15.1 Å². The lowest BCUT2D eigenvalue weighted by atomic mass is 10.1. The van der Waals surface area contributed by atoms with E-state index in [0.717, 1.165) is 35.0 Å². The first-order chi connectivity index (χ1) is 11.6. The van der Waals surface area contributed by atoms with Gasteiger partial charge >= 0.3 is 0 Å². The molecule has 3 heterocycles. The minimum absolute atomic E-state index is 0.0600. The Morgan fingerprint density at radius 3 is 3.08 bits per heavy atom. The SMILES string of the molecule is CCO[C@H](C)c1nc(C)c(C(=O)N2CCC[C@@H](n3cncn3)C2)s1. The maximum absolute atomic E-state index is 12.9. The van der Waals surface area contributed by atoms with Crippen molar-refractivity contribution in [2.75, 3.05) is 19.7 Å². The molecular formula is C16H23N5O2S. The van der Waals surface area contributed by atoms with Gasteiger partial charge in [0.05, 0.1) is 11.7 Å². The molecular weight excluding hydrogens is 326 g/mol. The molecule has 1 aliphatic rings. The van der Waals surface area contributed by atoms with Crippen LogP contribution in [-0.4, -0.2) is 50.3 Å². The predicted molar refractivity (Wildman–Crippen MR) is 91.1 cm³/mol. The van der Waals surface area contributed by atoms with Gasteiger partial charge in [0.25, 0.3) is 5.91 Å². The van der Waals surface area contributed by atoms with Crippen LogP contribution < -0.4 is 0 Å². The lowest BCUT2D eigenvalue weighted by Crippen LogP contribution is -2.40. The molecule has 0 aliphatic carbocycles. The highest BCUT2D eigenvalue weighted by Gasteiger charge is 2.28. The second-order valence-corrected chi connectivity index (χ2v) is 7.02. The molecule has 7 nitrogen and oxygen atoms in total. The molecule has 24 heavy (non-hydrogen) atoms. The molecule has 0 unspecified atom stereocenters. The third-order valence-corrected chi connectivity index (χ3v) is 5.57. The molecule has 0 saturated carbocycles. The summed E-state index contributed by atoms with van der Waals surface area (Å²) in [5.41, 5.74) is 0.787. The zero-order valence-electron chi connectivity index (χ0n) is 14.3. The molecule has 0 N–H and O–H groups in total. The number of amides is 1. The Morgan fingerprint density at radius 2 is 2.38 bits per heavy atom. The van der Waals surface area contributed by atoms with Crippen molar-refractivity contribution in [3.8, 4) is 0 Å². The van der Waals surface area contributed by atoms with Crippen LogP contribution in [0.1, 0.15) is 59.2 Å². The molecule has 2 aromatic heterocycles. The van der Waals surface area contributed by atoms with Gasteiger partial charge in [0.15, 0.2) is 0 Å². The van der Waals surface area contributed by atoms with Crippen LogP contribution in [0.25, 0.3) is 0 Å². The first-order valence-corrected chi connectivity index (χ1v) is 9.14. The fourth-order valence-corrected chi connectivity index (χ4v) is 4.05. The number of aryl methyl sites for hydroxylation is 1. The fraction of sp³-hybridized carbons (Fsp3) is 0.625. The second-order valence-electron chi connectivity index (χ2n) is 5.99. The summed E-state index contributed by atoms with van der Waals surface area (Å²) in [6.07, 6.45) is 5.16.